The summed E-state index contributed by atoms with van der Waals surface area (Å²) in [5.41, 5.74) is 2.63. The molecule has 1 amide bonds. The minimum Gasteiger partial charge on any atom is -0.369 e. The van der Waals surface area contributed by atoms with E-state index in [1.807, 2.05) is 18.5 Å². The summed E-state index contributed by atoms with van der Waals surface area (Å²) in [6, 6.07) is 0. The SMILES string of the molecule is CCCNc1nc(SCC)nc2c1cnn2CCNC(=O)CCc1c(C)noc1C. The largest absolute Gasteiger partial charge is 0.369 e. The average Bonchev–Trinajstić information content (AvgIpc) is 3.28. The average molecular weight is 432 g/mol. The summed E-state index contributed by atoms with van der Waals surface area (Å²) in [7, 11) is 0. The van der Waals surface area contributed by atoms with E-state index >= 15 is 0 Å². The topological polar surface area (TPSA) is 111 Å². The van der Waals surface area contributed by atoms with E-state index in [-0.39, 0.29) is 5.91 Å². The van der Waals surface area contributed by atoms with Gasteiger partial charge in [-0.25, -0.2) is 14.6 Å². The molecular formula is C20H29N7O2S. The van der Waals surface area contributed by atoms with Crippen LogP contribution in [0.5, 0.6) is 0 Å². The van der Waals surface area contributed by atoms with E-state index in [1.54, 1.807) is 18.0 Å². The standard InChI is InChI=1S/C20H29N7O2S/c1-5-9-22-18-16-12-23-27(19(16)25-20(24-18)30-6-2)11-10-21-17(28)8-7-15-13(3)26-29-14(15)4/h12H,5-11H2,1-4H3,(H,21,28)(H,22,24,25). The molecule has 0 radical (unpaired) electrons. The van der Waals surface area contributed by atoms with Gasteiger partial charge >= 0.3 is 0 Å². The van der Waals surface area contributed by atoms with Gasteiger partial charge in [-0.05, 0) is 32.4 Å². The number of rotatable bonds is 11. The highest BCUT2D eigenvalue weighted by atomic mass is 32.2. The summed E-state index contributed by atoms with van der Waals surface area (Å²) in [5, 5.41) is 16.3. The highest BCUT2D eigenvalue weighted by Gasteiger charge is 2.14. The smallest absolute Gasteiger partial charge is 0.220 e. The number of nitrogens with one attached hydrogen (secondary N) is 2. The van der Waals surface area contributed by atoms with Gasteiger partial charge in [0.1, 0.15) is 11.6 Å². The van der Waals surface area contributed by atoms with Crippen LogP contribution in [-0.4, -0.2) is 49.7 Å². The Bertz CT molecular complexity index is 979. The van der Waals surface area contributed by atoms with Gasteiger partial charge in [-0.1, -0.05) is 30.8 Å². The minimum atomic E-state index is -0.00591. The molecule has 0 bridgehead atoms. The number of hydrogen-bond acceptors (Lipinski definition) is 8. The third kappa shape index (κ3) is 5.29. The second-order valence-electron chi connectivity index (χ2n) is 6.97. The predicted octanol–water partition coefficient (Wildman–Crippen LogP) is 3.11. The summed E-state index contributed by atoms with van der Waals surface area (Å²) in [5.74, 6) is 2.48. The number of fused-ring (bicyclic) bond motifs is 1. The van der Waals surface area contributed by atoms with Gasteiger partial charge in [0.25, 0.3) is 0 Å². The molecule has 0 fully saturated rings. The highest BCUT2D eigenvalue weighted by Crippen LogP contribution is 2.24. The lowest BCUT2D eigenvalue weighted by molar-refractivity contribution is -0.121. The molecule has 3 rings (SSSR count). The summed E-state index contributed by atoms with van der Waals surface area (Å²) in [6.07, 6.45) is 3.81. The minimum absolute atomic E-state index is 0.00591. The normalized spacial score (nSPS) is 11.2. The monoisotopic (exact) mass is 431 g/mol. The molecule has 3 aromatic rings. The van der Waals surface area contributed by atoms with Gasteiger partial charge in [-0.2, -0.15) is 5.10 Å². The first-order chi connectivity index (χ1) is 14.5. The molecule has 0 saturated carbocycles. The van der Waals surface area contributed by atoms with Crippen LogP contribution >= 0.6 is 11.8 Å². The fourth-order valence-electron chi connectivity index (χ4n) is 3.16. The number of carbonyl (C=O) groups excluding carboxylic acids is 1. The summed E-state index contributed by atoms with van der Waals surface area (Å²) >= 11 is 1.60. The molecule has 3 heterocycles. The molecule has 0 aliphatic rings. The molecule has 0 saturated heterocycles. The first-order valence-corrected chi connectivity index (χ1v) is 11.3. The molecular weight excluding hydrogens is 402 g/mol. The zero-order valence-corrected chi connectivity index (χ0v) is 18.8. The molecule has 162 valence electrons. The lowest BCUT2D eigenvalue weighted by Gasteiger charge is -2.09. The van der Waals surface area contributed by atoms with Gasteiger partial charge < -0.3 is 15.2 Å². The van der Waals surface area contributed by atoms with Crippen molar-refractivity contribution in [3.05, 3.63) is 23.2 Å². The first kappa shape index (κ1) is 22.1. The zero-order valence-electron chi connectivity index (χ0n) is 18.0. The molecule has 3 aromatic heterocycles. The number of thioether (sulfide) groups is 1. The number of aryl methyl sites for hydroxylation is 2. The van der Waals surface area contributed by atoms with Crippen molar-refractivity contribution in [3.63, 3.8) is 0 Å². The van der Waals surface area contributed by atoms with Crippen LogP contribution in [0.15, 0.2) is 15.9 Å². The van der Waals surface area contributed by atoms with Gasteiger partial charge in [0.05, 0.1) is 23.8 Å². The predicted molar refractivity (Wildman–Crippen MR) is 118 cm³/mol. The molecule has 0 aliphatic carbocycles. The summed E-state index contributed by atoms with van der Waals surface area (Å²) in [6.45, 7) is 9.82. The Kier molecular flexibility index (Phi) is 7.67. The lowest BCUT2D eigenvalue weighted by Crippen LogP contribution is -2.27. The van der Waals surface area contributed by atoms with E-state index in [0.29, 0.717) is 25.9 Å². The molecule has 0 spiro atoms. The maximum absolute atomic E-state index is 12.2. The van der Waals surface area contributed by atoms with Crippen LogP contribution in [0.25, 0.3) is 11.0 Å². The maximum atomic E-state index is 12.2. The van der Waals surface area contributed by atoms with Gasteiger partial charge in [0.15, 0.2) is 10.8 Å². The van der Waals surface area contributed by atoms with Crippen molar-refractivity contribution in [2.24, 2.45) is 0 Å². The van der Waals surface area contributed by atoms with Crippen molar-refractivity contribution >= 4 is 34.5 Å². The van der Waals surface area contributed by atoms with Crippen molar-refractivity contribution in [1.82, 2.24) is 30.2 Å². The number of aromatic nitrogens is 5. The molecule has 0 unspecified atom stereocenters. The molecule has 0 aromatic carbocycles. The summed E-state index contributed by atoms with van der Waals surface area (Å²) < 4.78 is 6.97. The number of carbonyl (C=O) groups is 1. The first-order valence-electron chi connectivity index (χ1n) is 10.3. The Hall–Kier alpha value is -2.62. The van der Waals surface area contributed by atoms with Crippen LogP contribution in [-0.2, 0) is 17.8 Å². The Morgan fingerprint density at radius 3 is 2.77 bits per heavy atom. The van der Waals surface area contributed by atoms with E-state index in [9.17, 15) is 4.79 Å². The van der Waals surface area contributed by atoms with Crippen molar-refractivity contribution < 1.29 is 9.32 Å². The number of nitrogens with zero attached hydrogens (tertiary/aromatic N) is 5. The quantitative estimate of drug-likeness (QED) is 0.352. The highest BCUT2D eigenvalue weighted by molar-refractivity contribution is 7.99. The van der Waals surface area contributed by atoms with Crippen LogP contribution in [0.4, 0.5) is 5.82 Å². The Labute approximate surface area is 180 Å². The van der Waals surface area contributed by atoms with Crippen molar-refractivity contribution in [2.75, 3.05) is 24.2 Å². The van der Waals surface area contributed by atoms with Gasteiger partial charge in [0.2, 0.25) is 5.91 Å². The van der Waals surface area contributed by atoms with Crippen LogP contribution in [0.1, 0.15) is 43.7 Å². The van der Waals surface area contributed by atoms with Crippen molar-refractivity contribution in [2.45, 2.75) is 58.7 Å². The molecule has 9 nitrogen and oxygen atoms in total. The van der Waals surface area contributed by atoms with E-state index in [0.717, 1.165) is 57.7 Å². The number of anilines is 1. The molecule has 0 atom stereocenters. The van der Waals surface area contributed by atoms with Gasteiger partial charge in [-0.15, -0.1) is 0 Å². The zero-order chi connectivity index (χ0) is 21.5. The van der Waals surface area contributed by atoms with Crippen LogP contribution in [0, 0.1) is 13.8 Å². The van der Waals surface area contributed by atoms with Crippen LogP contribution in [0.2, 0.25) is 0 Å². The van der Waals surface area contributed by atoms with Gasteiger partial charge in [0, 0.05) is 25.1 Å². The Morgan fingerprint density at radius 1 is 1.23 bits per heavy atom. The fraction of sp³-hybridized carbons (Fsp3) is 0.550. The molecule has 10 heteroatoms. The molecule has 0 aliphatic heterocycles. The molecule has 30 heavy (non-hydrogen) atoms. The summed E-state index contributed by atoms with van der Waals surface area (Å²) in [4.78, 5) is 21.5. The van der Waals surface area contributed by atoms with Crippen molar-refractivity contribution in [1.29, 1.82) is 0 Å². The maximum Gasteiger partial charge on any atom is 0.220 e. The second-order valence-corrected chi connectivity index (χ2v) is 8.20. The number of amides is 1. The van der Waals surface area contributed by atoms with E-state index in [4.69, 9.17) is 4.52 Å². The molecule has 2 N–H and O–H groups in total. The van der Waals surface area contributed by atoms with Crippen LogP contribution < -0.4 is 10.6 Å². The van der Waals surface area contributed by atoms with E-state index in [2.05, 4.69) is 44.7 Å². The third-order valence-corrected chi connectivity index (χ3v) is 5.45. The lowest BCUT2D eigenvalue weighted by atomic mass is 10.1. The van der Waals surface area contributed by atoms with Crippen LogP contribution in [0.3, 0.4) is 0 Å². The van der Waals surface area contributed by atoms with Crippen molar-refractivity contribution in [3.8, 4) is 0 Å². The second kappa shape index (κ2) is 10.4. The third-order valence-electron chi connectivity index (χ3n) is 4.72. The van der Waals surface area contributed by atoms with E-state index < -0.39 is 0 Å². The Balaban J connectivity index is 1.61. The number of hydrogen-bond donors (Lipinski definition) is 2. The van der Waals surface area contributed by atoms with Gasteiger partial charge in [-0.3, -0.25) is 4.79 Å². The van der Waals surface area contributed by atoms with E-state index in [1.165, 1.54) is 0 Å². The fourth-order valence-corrected chi connectivity index (χ4v) is 3.72. The Morgan fingerprint density at radius 2 is 2.07 bits per heavy atom.